The highest BCUT2D eigenvalue weighted by Gasteiger charge is 2.29. The number of benzene rings is 1. The Labute approximate surface area is 190 Å². The fourth-order valence-corrected chi connectivity index (χ4v) is 3.33. The van der Waals surface area contributed by atoms with Gasteiger partial charge >= 0.3 is 0 Å². The SMILES string of the molecule is CC(=O)N[C@@H](CCCCN)C(=O)N[C@@H](Cc1ccccc1)C(=O)N[C@@H](CC(C)C)C(N)=O. The molecule has 0 fully saturated rings. The third-order valence-electron chi connectivity index (χ3n) is 4.92. The molecule has 0 heterocycles. The number of carbonyl (C=O) groups excluding carboxylic acids is 4. The standard InChI is InChI=1S/C23H37N5O4/c1-15(2)13-19(21(25)30)27-23(32)20(14-17-9-5-4-6-10-17)28-22(31)18(26-16(3)29)11-7-8-12-24/h4-6,9-10,15,18-20H,7-8,11-14,24H2,1-3H3,(H2,25,30)(H,26,29)(H,27,32)(H,28,31)/t18-,19-,20-/m0/s1. The number of unbranched alkanes of at least 4 members (excludes halogenated alkanes) is 1. The van der Waals surface area contributed by atoms with Gasteiger partial charge in [-0.05, 0) is 43.7 Å². The van der Waals surface area contributed by atoms with Crippen molar-refractivity contribution >= 4 is 23.6 Å². The van der Waals surface area contributed by atoms with Gasteiger partial charge < -0.3 is 27.4 Å². The summed E-state index contributed by atoms with van der Waals surface area (Å²) < 4.78 is 0. The number of rotatable bonds is 14. The largest absolute Gasteiger partial charge is 0.368 e. The van der Waals surface area contributed by atoms with Gasteiger partial charge in [0, 0.05) is 13.3 Å². The van der Waals surface area contributed by atoms with E-state index >= 15 is 0 Å². The van der Waals surface area contributed by atoms with Crippen LogP contribution in [0.5, 0.6) is 0 Å². The van der Waals surface area contributed by atoms with Crippen LogP contribution in [0.15, 0.2) is 30.3 Å². The molecule has 1 rings (SSSR count). The highest BCUT2D eigenvalue weighted by molar-refractivity contribution is 5.94. The average Bonchev–Trinajstić information content (AvgIpc) is 2.72. The Morgan fingerprint density at radius 2 is 1.47 bits per heavy atom. The highest BCUT2D eigenvalue weighted by atomic mass is 16.2. The van der Waals surface area contributed by atoms with Gasteiger partial charge in [-0.1, -0.05) is 44.2 Å². The Kier molecular flexibility index (Phi) is 12.0. The summed E-state index contributed by atoms with van der Waals surface area (Å²) >= 11 is 0. The van der Waals surface area contributed by atoms with E-state index in [1.54, 1.807) is 0 Å². The summed E-state index contributed by atoms with van der Waals surface area (Å²) in [7, 11) is 0. The van der Waals surface area contributed by atoms with E-state index in [2.05, 4.69) is 16.0 Å². The number of carbonyl (C=O) groups is 4. The third kappa shape index (κ3) is 10.4. The van der Waals surface area contributed by atoms with Crippen molar-refractivity contribution < 1.29 is 19.2 Å². The molecule has 0 aliphatic rings. The Morgan fingerprint density at radius 3 is 2.00 bits per heavy atom. The van der Waals surface area contributed by atoms with E-state index in [9.17, 15) is 19.2 Å². The number of amides is 4. The smallest absolute Gasteiger partial charge is 0.243 e. The lowest BCUT2D eigenvalue weighted by Gasteiger charge is -2.25. The van der Waals surface area contributed by atoms with E-state index < -0.39 is 35.8 Å². The summed E-state index contributed by atoms with van der Waals surface area (Å²) in [5, 5.41) is 8.05. The maximum Gasteiger partial charge on any atom is 0.243 e. The summed E-state index contributed by atoms with van der Waals surface area (Å²) in [4.78, 5) is 49.4. The van der Waals surface area contributed by atoms with Crippen LogP contribution in [0.4, 0.5) is 0 Å². The Hall–Kier alpha value is -2.94. The van der Waals surface area contributed by atoms with Gasteiger partial charge in [-0.15, -0.1) is 0 Å². The number of hydrogen-bond acceptors (Lipinski definition) is 5. The molecule has 0 spiro atoms. The topological polar surface area (TPSA) is 156 Å². The number of hydrogen-bond donors (Lipinski definition) is 5. The van der Waals surface area contributed by atoms with E-state index in [-0.39, 0.29) is 18.2 Å². The lowest BCUT2D eigenvalue weighted by atomic mass is 10.0. The molecule has 1 aromatic carbocycles. The maximum absolute atomic E-state index is 13.0. The minimum Gasteiger partial charge on any atom is -0.368 e. The first-order valence-electron chi connectivity index (χ1n) is 11.0. The molecule has 0 aliphatic carbocycles. The normalized spacial score (nSPS) is 13.7. The van der Waals surface area contributed by atoms with Gasteiger partial charge in [0.2, 0.25) is 23.6 Å². The Bertz CT molecular complexity index is 754. The molecule has 178 valence electrons. The Morgan fingerprint density at radius 1 is 0.875 bits per heavy atom. The highest BCUT2D eigenvalue weighted by Crippen LogP contribution is 2.09. The zero-order valence-corrected chi connectivity index (χ0v) is 19.2. The van der Waals surface area contributed by atoms with Gasteiger partial charge in [0.15, 0.2) is 0 Å². The summed E-state index contributed by atoms with van der Waals surface area (Å²) in [6, 6.07) is 6.66. The molecule has 0 aliphatic heterocycles. The molecule has 9 heteroatoms. The van der Waals surface area contributed by atoms with Gasteiger partial charge in [-0.3, -0.25) is 19.2 Å². The predicted molar refractivity (Wildman–Crippen MR) is 123 cm³/mol. The zero-order valence-electron chi connectivity index (χ0n) is 19.2. The van der Waals surface area contributed by atoms with Crippen molar-refractivity contribution in [3.63, 3.8) is 0 Å². The summed E-state index contributed by atoms with van der Waals surface area (Å²) in [5.41, 5.74) is 11.8. The molecule has 0 saturated carbocycles. The van der Waals surface area contributed by atoms with Gasteiger partial charge in [-0.2, -0.15) is 0 Å². The van der Waals surface area contributed by atoms with Crippen LogP contribution in [0.25, 0.3) is 0 Å². The predicted octanol–water partition coefficient (Wildman–Crippen LogP) is 0.364. The lowest BCUT2D eigenvalue weighted by molar-refractivity contribution is -0.133. The molecule has 0 bridgehead atoms. The number of nitrogens with one attached hydrogen (secondary N) is 3. The summed E-state index contributed by atoms with van der Waals surface area (Å²) in [6.07, 6.45) is 2.39. The van der Waals surface area contributed by atoms with Crippen molar-refractivity contribution in [2.24, 2.45) is 17.4 Å². The molecule has 32 heavy (non-hydrogen) atoms. The molecule has 3 atom stereocenters. The van der Waals surface area contributed by atoms with Crippen molar-refractivity contribution in [3.8, 4) is 0 Å². The molecule has 0 saturated heterocycles. The van der Waals surface area contributed by atoms with Crippen molar-refractivity contribution in [2.45, 2.75) is 71.0 Å². The van der Waals surface area contributed by atoms with Crippen LogP contribution >= 0.6 is 0 Å². The van der Waals surface area contributed by atoms with Crippen molar-refractivity contribution in [3.05, 3.63) is 35.9 Å². The minimum absolute atomic E-state index is 0.140. The van der Waals surface area contributed by atoms with Crippen LogP contribution < -0.4 is 27.4 Å². The van der Waals surface area contributed by atoms with E-state index in [0.717, 1.165) is 5.56 Å². The second-order valence-corrected chi connectivity index (χ2v) is 8.38. The molecule has 0 aromatic heterocycles. The van der Waals surface area contributed by atoms with Crippen molar-refractivity contribution in [1.29, 1.82) is 0 Å². The molecular weight excluding hydrogens is 410 g/mol. The second kappa shape index (κ2) is 14.2. The Balaban J connectivity index is 3.02. The first kappa shape index (κ1) is 27.1. The fraction of sp³-hybridized carbons (Fsp3) is 0.565. The van der Waals surface area contributed by atoms with E-state index in [1.807, 2.05) is 44.2 Å². The molecular formula is C23H37N5O4. The third-order valence-corrected chi connectivity index (χ3v) is 4.92. The van der Waals surface area contributed by atoms with Crippen molar-refractivity contribution in [2.75, 3.05) is 6.54 Å². The monoisotopic (exact) mass is 447 g/mol. The first-order chi connectivity index (χ1) is 15.1. The first-order valence-corrected chi connectivity index (χ1v) is 11.0. The minimum atomic E-state index is -0.940. The van der Waals surface area contributed by atoms with Gasteiger partial charge in [0.25, 0.3) is 0 Å². The number of nitrogens with two attached hydrogens (primary N) is 2. The van der Waals surface area contributed by atoms with Gasteiger partial charge in [0.05, 0.1) is 0 Å². The molecule has 9 nitrogen and oxygen atoms in total. The van der Waals surface area contributed by atoms with Crippen LogP contribution in [0.2, 0.25) is 0 Å². The fourth-order valence-electron chi connectivity index (χ4n) is 3.33. The second-order valence-electron chi connectivity index (χ2n) is 8.38. The lowest BCUT2D eigenvalue weighted by Crippen LogP contribution is -2.57. The summed E-state index contributed by atoms with van der Waals surface area (Å²) in [5.74, 6) is -1.80. The quantitative estimate of drug-likeness (QED) is 0.260. The summed E-state index contributed by atoms with van der Waals surface area (Å²) in [6.45, 7) is 5.66. The van der Waals surface area contributed by atoms with Crippen LogP contribution in [0.1, 0.15) is 52.0 Å². The van der Waals surface area contributed by atoms with Crippen LogP contribution in [-0.4, -0.2) is 48.3 Å². The number of primary amides is 1. The maximum atomic E-state index is 13.0. The van der Waals surface area contributed by atoms with Crippen LogP contribution in [0, 0.1) is 5.92 Å². The van der Waals surface area contributed by atoms with Gasteiger partial charge in [0.1, 0.15) is 18.1 Å². The van der Waals surface area contributed by atoms with E-state index in [4.69, 9.17) is 11.5 Å². The van der Waals surface area contributed by atoms with Gasteiger partial charge in [-0.25, -0.2) is 0 Å². The molecule has 7 N–H and O–H groups in total. The van der Waals surface area contributed by atoms with Crippen LogP contribution in [-0.2, 0) is 25.6 Å². The zero-order chi connectivity index (χ0) is 24.1. The van der Waals surface area contributed by atoms with E-state index in [0.29, 0.717) is 32.2 Å². The molecule has 0 radical (unpaired) electrons. The van der Waals surface area contributed by atoms with E-state index in [1.165, 1.54) is 6.92 Å². The molecule has 4 amide bonds. The van der Waals surface area contributed by atoms with Crippen LogP contribution in [0.3, 0.4) is 0 Å². The molecule has 0 unspecified atom stereocenters. The van der Waals surface area contributed by atoms with Crippen molar-refractivity contribution in [1.82, 2.24) is 16.0 Å². The average molecular weight is 448 g/mol. The molecule has 1 aromatic rings.